The number of para-hydroxylation sites is 1. The van der Waals surface area contributed by atoms with Crippen LogP contribution in [0.25, 0.3) is 0 Å². The van der Waals surface area contributed by atoms with E-state index in [4.69, 9.17) is 0 Å². The summed E-state index contributed by atoms with van der Waals surface area (Å²) in [5.74, 6) is -0.175. The van der Waals surface area contributed by atoms with E-state index in [2.05, 4.69) is 46.0 Å². The number of benzene rings is 1. The zero-order chi connectivity index (χ0) is 15.4. The molecule has 1 aliphatic heterocycles. The summed E-state index contributed by atoms with van der Waals surface area (Å²) in [6.07, 6.45) is 5.66. The minimum absolute atomic E-state index is 0.175. The SMILES string of the molecule is C=CCNC(=O)c1ccc(N2CCCc3ccccc32)cn1. The molecule has 22 heavy (non-hydrogen) atoms. The molecule has 0 radical (unpaired) electrons. The molecule has 4 nitrogen and oxygen atoms in total. The molecular formula is C18H19N3O. The fraction of sp³-hybridized carbons (Fsp3) is 0.222. The minimum Gasteiger partial charge on any atom is -0.347 e. The molecule has 4 heteroatoms. The normalized spacial score (nSPS) is 13.4. The van der Waals surface area contributed by atoms with Gasteiger partial charge in [0.25, 0.3) is 5.91 Å². The molecule has 1 aromatic carbocycles. The second kappa shape index (κ2) is 6.43. The van der Waals surface area contributed by atoms with Gasteiger partial charge in [-0.15, -0.1) is 6.58 Å². The number of pyridine rings is 1. The Morgan fingerprint density at radius 3 is 2.95 bits per heavy atom. The Hall–Kier alpha value is -2.62. The lowest BCUT2D eigenvalue weighted by molar-refractivity contribution is 0.0953. The van der Waals surface area contributed by atoms with Crippen molar-refractivity contribution in [2.75, 3.05) is 18.0 Å². The van der Waals surface area contributed by atoms with Crippen LogP contribution in [0.2, 0.25) is 0 Å². The van der Waals surface area contributed by atoms with Gasteiger partial charge < -0.3 is 10.2 Å². The van der Waals surface area contributed by atoms with Crippen molar-refractivity contribution in [1.29, 1.82) is 0 Å². The van der Waals surface area contributed by atoms with Crippen LogP contribution in [0.15, 0.2) is 55.3 Å². The van der Waals surface area contributed by atoms with Crippen molar-refractivity contribution in [1.82, 2.24) is 10.3 Å². The number of hydrogen-bond acceptors (Lipinski definition) is 3. The number of carbonyl (C=O) groups is 1. The molecule has 3 rings (SSSR count). The van der Waals surface area contributed by atoms with E-state index >= 15 is 0 Å². The number of aromatic nitrogens is 1. The molecule has 0 atom stereocenters. The molecule has 1 amide bonds. The second-order valence-corrected chi connectivity index (χ2v) is 5.28. The van der Waals surface area contributed by atoms with Gasteiger partial charge in [-0.1, -0.05) is 24.3 Å². The quantitative estimate of drug-likeness (QED) is 0.881. The van der Waals surface area contributed by atoms with Gasteiger partial charge in [0.2, 0.25) is 0 Å². The van der Waals surface area contributed by atoms with Crippen molar-refractivity contribution in [3.8, 4) is 0 Å². The number of carbonyl (C=O) groups excluding carboxylic acids is 1. The highest BCUT2D eigenvalue weighted by molar-refractivity contribution is 5.92. The van der Waals surface area contributed by atoms with E-state index in [1.807, 2.05) is 6.07 Å². The van der Waals surface area contributed by atoms with E-state index in [0.717, 1.165) is 25.1 Å². The van der Waals surface area contributed by atoms with Crippen LogP contribution in [0.4, 0.5) is 11.4 Å². The summed E-state index contributed by atoms with van der Waals surface area (Å²) in [5, 5.41) is 2.73. The van der Waals surface area contributed by atoms with Gasteiger partial charge in [-0.05, 0) is 36.6 Å². The Kier molecular flexibility index (Phi) is 4.19. The average molecular weight is 293 g/mol. The topological polar surface area (TPSA) is 45.2 Å². The Bertz CT molecular complexity index is 679. The van der Waals surface area contributed by atoms with Gasteiger partial charge in [-0.2, -0.15) is 0 Å². The van der Waals surface area contributed by atoms with Crippen LogP contribution in [0.5, 0.6) is 0 Å². The summed E-state index contributed by atoms with van der Waals surface area (Å²) in [6, 6.07) is 12.2. The number of aryl methyl sites for hydroxylation is 1. The molecule has 0 saturated heterocycles. The van der Waals surface area contributed by atoms with Gasteiger partial charge in [-0.25, -0.2) is 4.98 Å². The lowest BCUT2D eigenvalue weighted by atomic mass is 10.0. The standard InChI is InChI=1S/C18H19N3O/c1-2-11-19-18(22)16-10-9-15(13-20-16)21-12-5-7-14-6-3-4-8-17(14)21/h2-4,6,8-10,13H,1,5,7,11-12H2,(H,19,22). The molecule has 2 heterocycles. The number of nitrogens with zero attached hydrogens (tertiary/aromatic N) is 2. The van der Waals surface area contributed by atoms with Gasteiger partial charge in [0.15, 0.2) is 0 Å². The number of amides is 1. The van der Waals surface area contributed by atoms with Gasteiger partial charge >= 0.3 is 0 Å². The first kappa shape index (κ1) is 14.3. The third-order valence-corrected chi connectivity index (χ3v) is 3.81. The Morgan fingerprint density at radius 2 is 2.18 bits per heavy atom. The van der Waals surface area contributed by atoms with Gasteiger partial charge in [0.1, 0.15) is 5.69 Å². The summed E-state index contributed by atoms with van der Waals surface area (Å²) in [7, 11) is 0. The van der Waals surface area contributed by atoms with Crippen LogP contribution in [0.3, 0.4) is 0 Å². The van der Waals surface area contributed by atoms with Gasteiger partial charge in [0, 0.05) is 18.8 Å². The van der Waals surface area contributed by atoms with E-state index in [1.54, 1.807) is 18.3 Å². The maximum atomic E-state index is 11.9. The molecule has 0 bridgehead atoms. The maximum absolute atomic E-state index is 11.9. The maximum Gasteiger partial charge on any atom is 0.270 e. The highest BCUT2D eigenvalue weighted by Gasteiger charge is 2.18. The van der Waals surface area contributed by atoms with Crippen LogP contribution in [-0.2, 0) is 6.42 Å². The smallest absolute Gasteiger partial charge is 0.270 e. The molecule has 0 spiro atoms. The predicted molar refractivity (Wildman–Crippen MR) is 88.5 cm³/mol. The molecule has 1 aromatic heterocycles. The lowest BCUT2D eigenvalue weighted by Gasteiger charge is -2.31. The zero-order valence-corrected chi connectivity index (χ0v) is 12.5. The van der Waals surface area contributed by atoms with Crippen LogP contribution >= 0.6 is 0 Å². The zero-order valence-electron chi connectivity index (χ0n) is 12.5. The fourth-order valence-corrected chi connectivity index (χ4v) is 2.74. The molecule has 2 aromatic rings. The van der Waals surface area contributed by atoms with Crippen molar-refractivity contribution in [2.45, 2.75) is 12.8 Å². The van der Waals surface area contributed by atoms with Crippen LogP contribution in [0, 0.1) is 0 Å². The Labute approximate surface area is 130 Å². The van der Waals surface area contributed by atoms with Gasteiger partial charge in [-0.3, -0.25) is 4.79 Å². The first-order chi connectivity index (χ1) is 10.8. The largest absolute Gasteiger partial charge is 0.347 e. The summed E-state index contributed by atoms with van der Waals surface area (Å²) < 4.78 is 0. The first-order valence-electron chi connectivity index (χ1n) is 7.50. The Morgan fingerprint density at radius 1 is 1.32 bits per heavy atom. The predicted octanol–water partition coefficient (Wildman–Crippen LogP) is 3.08. The summed E-state index contributed by atoms with van der Waals surface area (Å²) >= 11 is 0. The third kappa shape index (κ3) is 2.86. The van der Waals surface area contributed by atoms with E-state index in [9.17, 15) is 4.79 Å². The Balaban J connectivity index is 1.82. The van der Waals surface area contributed by atoms with Crippen LogP contribution in [0.1, 0.15) is 22.5 Å². The molecule has 0 unspecified atom stereocenters. The number of anilines is 2. The second-order valence-electron chi connectivity index (χ2n) is 5.28. The van der Waals surface area contributed by atoms with E-state index in [-0.39, 0.29) is 5.91 Å². The minimum atomic E-state index is -0.175. The van der Waals surface area contributed by atoms with E-state index in [0.29, 0.717) is 12.2 Å². The van der Waals surface area contributed by atoms with Crippen molar-refractivity contribution in [2.24, 2.45) is 0 Å². The average Bonchev–Trinajstić information content (AvgIpc) is 2.59. The van der Waals surface area contributed by atoms with Crippen molar-refractivity contribution >= 4 is 17.3 Å². The molecule has 1 N–H and O–H groups in total. The van der Waals surface area contributed by atoms with Crippen LogP contribution < -0.4 is 10.2 Å². The summed E-state index contributed by atoms with van der Waals surface area (Å²) in [6.45, 7) is 5.00. The van der Waals surface area contributed by atoms with Crippen LogP contribution in [-0.4, -0.2) is 24.0 Å². The fourth-order valence-electron chi connectivity index (χ4n) is 2.74. The van der Waals surface area contributed by atoms with E-state index in [1.165, 1.54) is 11.3 Å². The third-order valence-electron chi connectivity index (χ3n) is 3.81. The van der Waals surface area contributed by atoms with Gasteiger partial charge in [0.05, 0.1) is 11.9 Å². The molecule has 112 valence electrons. The number of hydrogen-bond donors (Lipinski definition) is 1. The number of fused-ring (bicyclic) bond motifs is 1. The molecule has 0 aliphatic carbocycles. The number of nitrogens with one attached hydrogen (secondary N) is 1. The highest BCUT2D eigenvalue weighted by Crippen LogP contribution is 2.32. The molecule has 1 aliphatic rings. The molecule has 0 fully saturated rings. The van der Waals surface area contributed by atoms with Crippen molar-refractivity contribution in [3.63, 3.8) is 0 Å². The first-order valence-corrected chi connectivity index (χ1v) is 7.50. The molecular weight excluding hydrogens is 274 g/mol. The number of rotatable bonds is 4. The van der Waals surface area contributed by atoms with E-state index < -0.39 is 0 Å². The monoisotopic (exact) mass is 293 g/mol. The highest BCUT2D eigenvalue weighted by atomic mass is 16.1. The molecule has 0 saturated carbocycles. The summed E-state index contributed by atoms with van der Waals surface area (Å²) in [5.41, 5.74) is 4.05. The van der Waals surface area contributed by atoms with Crippen molar-refractivity contribution in [3.05, 3.63) is 66.5 Å². The lowest BCUT2D eigenvalue weighted by Crippen LogP contribution is -2.26. The summed E-state index contributed by atoms with van der Waals surface area (Å²) in [4.78, 5) is 18.4. The van der Waals surface area contributed by atoms with Crippen molar-refractivity contribution < 1.29 is 4.79 Å².